The zero-order valence-corrected chi connectivity index (χ0v) is 26.0. The van der Waals surface area contributed by atoms with Crippen LogP contribution in [0, 0.1) is 0 Å². The summed E-state index contributed by atoms with van der Waals surface area (Å²) in [6, 6.07) is 17.3. The van der Waals surface area contributed by atoms with Gasteiger partial charge in [0.15, 0.2) is 5.82 Å². The van der Waals surface area contributed by atoms with Crippen LogP contribution in [-0.4, -0.2) is 63.8 Å². The first-order valence-corrected chi connectivity index (χ1v) is 14.2. The Morgan fingerprint density at radius 1 is 0.909 bits per heavy atom. The fourth-order valence-corrected chi connectivity index (χ4v) is 4.02. The Hall–Kier alpha value is -4.71. The van der Waals surface area contributed by atoms with E-state index in [1.165, 1.54) is 27.1 Å². The molecule has 0 aliphatic rings. The maximum absolute atomic E-state index is 13.5. The second-order valence-corrected chi connectivity index (χ2v) is 11.7. The maximum atomic E-state index is 13.5. The summed E-state index contributed by atoms with van der Waals surface area (Å²) in [4.78, 5) is 54.9. The number of ether oxygens (including phenoxy) is 3. The molecule has 44 heavy (non-hydrogen) atoms. The molecule has 0 saturated heterocycles. The third-order valence-electron chi connectivity index (χ3n) is 6.24. The number of aromatic nitrogens is 2. The average Bonchev–Trinajstić information content (AvgIpc) is 3.40. The van der Waals surface area contributed by atoms with Crippen molar-refractivity contribution in [2.24, 2.45) is 0 Å². The number of amides is 3. The number of carbonyl (C=O) groups excluding carboxylic acids is 4. The monoisotopic (exact) mass is 607 g/mol. The van der Waals surface area contributed by atoms with Crippen molar-refractivity contribution in [2.75, 3.05) is 18.5 Å². The molecule has 0 fully saturated rings. The number of benzene rings is 2. The number of hydrogen-bond acceptors (Lipinski definition) is 8. The molecule has 0 aliphatic heterocycles. The quantitative estimate of drug-likeness (QED) is 0.247. The fraction of sp³-hybridized carbons (Fsp3) is 0.406. The normalized spacial score (nSPS) is 12.9. The van der Waals surface area contributed by atoms with Gasteiger partial charge in [-0.05, 0) is 45.7 Å². The number of nitrogens with one attached hydrogen (secondary N) is 3. The third-order valence-corrected chi connectivity index (χ3v) is 6.24. The molecule has 12 heteroatoms. The minimum atomic E-state index is -1.42. The van der Waals surface area contributed by atoms with Crippen molar-refractivity contribution in [3.63, 3.8) is 0 Å². The molecule has 3 aromatic rings. The lowest BCUT2D eigenvalue weighted by molar-refractivity contribution is -0.141. The number of carbonyl (C=O) groups is 4. The van der Waals surface area contributed by atoms with Gasteiger partial charge in [-0.15, -0.1) is 0 Å². The van der Waals surface area contributed by atoms with Gasteiger partial charge in [0.25, 0.3) is 5.91 Å². The third kappa shape index (κ3) is 10.8. The van der Waals surface area contributed by atoms with Crippen LogP contribution in [0.25, 0.3) is 0 Å². The highest BCUT2D eigenvalue weighted by Crippen LogP contribution is 2.21. The Kier molecular flexibility index (Phi) is 11.6. The van der Waals surface area contributed by atoms with Crippen LogP contribution in [0.5, 0.6) is 0 Å². The number of nitrogens with zero attached hydrogens (tertiary/aromatic N) is 2. The molecule has 3 rings (SSSR count). The molecule has 3 N–H and O–H groups in total. The highest BCUT2D eigenvalue weighted by atomic mass is 16.6. The van der Waals surface area contributed by atoms with E-state index in [0.29, 0.717) is 0 Å². The second-order valence-electron chi connectivity index (χ2n) is 11.7. The van der Waals surface area contributed by atoms with Crippen LogP contribution in [0.2, 0.25) is 0 Å². The Bertz CT molecular complexity index is 1400. The summed E-state index contributed by atoms with van der Waals surface area (Å²) < 4.78 is 18.1. The van der Waals surface area contributed by atoms with E-state index in [1.807, 2.05) is 60.7 Å². The molecule has 2 aromatic carbocycles. The van der Waals surface area contributed by atoms with Crippen LogP contribution in [0.1, 0.15) is 58.7 Å². The molecular formula is C32H41N5O7. The van der Waals surface area contributed by atoms with E-state index >= 15 is 0 Å². The molecule has 0 aliphatic carbocycles. The number of alkyl carbamates (subject to hydrolysis) is 1. The minimum absolute atomic E-state index is 0.0643. The predicted molar refractivity (Wildman–Crippen MR) is 164 cm³/mol. The van der Waals surface area contributed by atoms with Gasteiger partial charge in [-0.25, -0.2) is 9.78 Å². The van der Waals surface area contributed by atoms with Crippen molar-refractivity contribution in [3.05, 3.63) is 84.3 Å². The van der Waals surface area contributed by atoms with E-state index < -0.39 is 41.1 Å². The van der Waals surface area contributed by atoms with Gasteiger partial charge in [-0.3, -0.25) is 14.4 Å². The molecule has 0 saturated carbocycles. The Morgan fingerprint density at radius 3 is 2.16 bits per heavy atom. The van der Waals surface area contributed by atoms with E-state index in [9.17, 15) is 19.2 Å². The number of imidazole rings is 1. The SMILES string of the molecule is CC(=O)OCC(c1ccccc1)n1cnc(NC(=O)C(COCc2ccccc2)NC(=O)C(C)(C)NC(=O)OC(C)(C)C)c1. The van der Waals surface area contributed by atoms with Gasteiger partial charge in [0.05, 0.1) is 25.6 Å². The molecule has 1 aromatic heterocycles. The van der Waals surface area contributed by atoms with Crippen molar-refractivity contribution in [2.45, 2.75) is 71.4 Å². The van der Waals surface area contributed by atoms with Gasteiger partial charge >= 0.3 is 12.1 Å². The standard InChI is InChI=1S/C32H41N5O7/c1-22(38)43-20-26(24-15-11-8-12-16-24)37-17-27(33-21-37)35-28(39)25(19-42-18-23-13-9-7-10-14-23)34-29(40)32(5,6)36-30(41)44-31(2,3)4/h7-17,21,25-26H,18-20H2,1-6H3,(H,34,40)(H,35,39)(H,36,41). The van der Waals surface area contributed by atoms with Crippen LogP contribution in [0.3, 0.4) is 0 Å². The summed E-state index contributed by atoms with van der Waals surface area (Å²) in [5, 5.41) is 7.95. The Balaban J connectivity index is 1.75. The van der Waals surface area contributed by atoms with E-state index in [0.717, 1.165) is 11.1 Å². The molecular weight excluding hydrogens is 566 g/mol. The summed E-state index contributed by atoms with van der Waals surface area (Å²) >= 11 is 0. The Labute approximate surface area is 257 Å². The van der Waals surface area contributed by atoms with Gasteiger partial charge in [-0.2, -0.15) is 0 Å². The lowest BCUT2D eigenvalue weighted by Gasteiger charge is -2.29. The molecule has 3 amide bonds. The fourth-order valence-electron chi connectivity index (χ4n) is 4.02. The summed E-state index contributed by atoms with van der Waals surface area (Å²) in [5.74, 6) is -1.41. The number of esters is 1. The predicted octanol–water partition coefficient (Wildman–Crippen LogP) is 3.98. The van der Waals surface area contributed by atoms with Gasteiger partial charge in [0.1, 0.15) is 23.8 Å². The van der Waals surface area contributed by atoms with Crippen molar-refractivity contribution >= 4 is 29.7 Å². The zero-order chi connectivity index (χ0) is 32.3. The van der Waals surface area contributed by atoms with Crippen molar-refractivity contribution in [3.8, 4) is 0 Å². The van der Waals surface area contributed by atoms with E-state index in [-0.39, 0.29) is 31.7 Å². The van der Waals surface area contributed by atoms with E-state index in [4.69, 9.17) is 14.2 Å². The van der Waals surface area contributed by atoms with Crippen LogP contribution in [0.15, 0.2) is 73.2 Å². The summed E-state index contributed by atoms with van der Waals surface area (Å²) in [5.41, 5.74) is -0.404. The van der Waals surface area contributed by atoms with Gasteiger partial charge < -0.3 is 34.7 Å². The van der Waals surface area contributed by atoms with E-state index in [2.05, 4.69) is 20.9 Å². The van der Waals surface area contributed by atoms with Gasteiger partial charge in [-0.1, -0.05) is 60.7 Å². The summed E-state index contributed by atoms with van der Waals surface area (Å²) in [6.45, 7) is 9.59. The van der Waals surface area contributed by atoms with Crippen LogP contribution in [0.4, 0.5) is 10.6 Å². The summed E-state index contributed by atoms with van der Waals surface area (Å²) in [6.07, 6.45) is 2.35. The second kappa shape index (κ2) is 15.1. The zero-order valence-electron chi connectivity index (χ0n) is 26.0. The molecule has 1 heterocycles. The average molecular weight is 608 g/mol. The number of hydrogen-bond donors (Lipinski definition) is 3. The number of anilines is 1. The molecule has 0 spiro atoms. The highest BCUT2D eigenvalue weighted by molar-refractivity contribution is 5.98. The smallest absolute Gasteiger partial charge is 0.408 e. The van der Waals surface area contributed by atoms with Gasteiger partial charge in [0.2, 0.25) is 5.91 Å². The first-order chi connectivity index (χ1) is 20.7. The largest absolute Gasteiger partial charge is 0.463 e. The molecule has 2 unspecified atom stereocenters. The maximum Gasteiger partial charge on any atom is 0.408 e. The molecule has 236 valence electrons. The first kappa shape index (κ1) is 33.8. The molecule has 0 bridgehead atoms. The minimum Gasteiger partial charge on any atom is -0.463 e. The topological polar surface area (TPSA) is 150 Å². The number of rotatable bonds is 13. The lowest BCUT2D eigenvalue weighted by Crippen LogP contribution is -2.59. The van der Waals surface area contributed by atoms with Crippen LogP contribution < -0.4 is 16.0 Å². The van der Waals surface area contributed by atoms with Crippen molar-refractivity contribution in [1.29, 1.82) is 0 Å². The molecule has 0 radical (unpaired) electrons. The van der Waals surface area contributed by atoms with Crippen LogP contribution >= 0.6 is 0 Å². The molecule has 12 nitrogen and oxygen atoms in total. The summed E-state index contributed by atoms with van der Waals surface area (Å²) in [7, 11) is 0. The highest BCUT2D eigenvalue weighted by Gasteiger charge is 2.34. The van der Waals surface area contributed by atoms with E-state index in [1.54, 1.807) is 31.5 Å². The van der Waals surface area contributed by atoms with Crippen LogP contribution in [-0.2, 0) is 35.2 Å². The van der Waals surface area contributed by atoms with Gasteiger partial charge in [0, 0.05) is 13.1 Å². The lowest BCUT2D eigenvalue weighted by atomic mass is 10.0. The first-order valence-electron chi connectivity index (χ1n) is 14.2. The Morgan fingerprint density at radius 2 is 1.55 bits per heavy atom. The molecule has 2 atom stereocenters. The van der Waals surface area contributed by atoms with Crippen molar-refractivity contribution < 1.29 is 33.4 Å². The van der Waals surface area contributed by atoms with Crippen molar-refractivity contribution in [1.82, 2.24) is 20.2 Å².